The van der Waals surface area contributed by atoms with Gasteiger partial charge in [0.1, 0.15) is 5.82 Å². The number of nitrogens with zero attached hydrogens (tertiary/aromatic N) is 2. The zero-order chi connectivity index (χ0) is 21.0. The Labute approximate surface area is 167 Å². The van der Waals surface area contributed by atoms with Crippen LogP contribution in [0.15, 0.2) is 48.5 Å². The van der Waals surface area contributed by atoms with Crippen molar-refractivity contribution >= 4 is 23.6 Å². The number of halogens is 1. The zero-order valence-electron chi connectivity index (χ0n) is 16.0. The second-order valence-electron chi connectivity index (χ2n) is 6.96. The average Bonchev–Trinajstić information content (AvgIpc) is 3.14. The number of carboxylic acids is 1. The largest absolute Gasteiger partial charge is 0.481 e. The summed E-state index contributed by atoms with van der Waals surface area (Å²) in [6, 6.07) is 12.7. The summed E-state index contributed by atoms with van der Waals surface area (Å²) in [5.41, 5.74) is 1.01. The highest BCUT2D eigenvalue weighted by Gasteiger charge is 2.27. The molecule has 0 bridgehead atoms. The van der Waals surface area contributed by atoms with Crippen LogP contribution in [-0.4, -0.2) is 47.5 Å². The molecule has 152 valence electrons. The van der Waals surface area contributed by atoms with E-state index in [0.29, 0.717) is 18.8 Å². The second-order valence-corrected chi connectivity index (χ2v) is 6.96. The summed E-state index contributed by atoms with van der Waals surface area (Å²) in [7, 11) is 0. The van der Waals surface area contributed by atoms with E-state index in [1.54, 1.807) is 0 Å². The Morgan fingerprint density at radius 2 is 1.97 bits per heavy atom. The van der Waals surface area contributed by atoms with Gasteiger partial charge in [-0.15, -0.1) is 0 Å². The van der Waals surface area contributed by atoms with Crippen molar-refractivity contribution in [3.8, 4) is 0 Å². The normalized spacial score (nSPS) is 14.4. The Hall–Kier alpha value is -3.42. The van der Waals surface area contributed by atoms with Gasteiger partial charge in [0.15, 0.2) is 0 Å². The Morgan fingerprint density at radius 3 is 2.59 bits per heavy atom. The van der Waals surface area contributed by atoms with Crippen LogP contribution >= 0.6 is 0 Å². The molecule has 1 aliphatic rings. The maximum Gasteiger partial charge on any atom is 0.321 e. The number of amides is 3. The summed E-state index contributed by atoms with van der Waals surface area (Å²) in [5.74, 6) is -3.21. The maximum absolute atomic E-state index is 14.5. The second kappa shape index (κ2) is 8.72. The van der Waals surface area contributed by atoms with Crippen LogP contribution in [0.2, 0.25) is 0 Å². The van der Waals surface area contributed by atoms with Crippen molar-refractivity contribution in [3.05, 3.63) is 65.5 Å². The van der Waals surface area contributed by atoms with E-state index in [1.807, 2.05) is 30.3 Å². The minimum atomic E-state index is -1.04. The molecular formula is C21H22FN3O4. The quantitative estimate of drug-likeness (QED) is 0.749. The topological polar surface area (TPSA) is 90.0 Å². The van der Waals surface area contributed by atoms with Gasteiger partial charge in [0.25, 0.3) is 5.91 Å². The molecule has 0 aromatic heterocycles. The van der Waals surface area contributed by atoms with Crippen LogP contribution in [0.4, 0.5) is 14.9 Å². The molecule has 3 amide bonds. The summed E-state index contributed by atoms with van der Waals surface area (Å²) in [6.07, 6.45) is 0. The summed E-state index contributed by atoms with van der Waals surface area (Å²) in [5, 5.41) is 11.9. The van der Waals surface area contributed by atoms with E-state index in [1.165, 1.54) is 28.9 Å². The van der Waals surface area contributed by atoms with E-state index in [0.717, 1.165) is 11.6 Å². The highest BCUT2D eigenvalue weighted by atomic mass is 19.1. The molecule has 3 rings (SSSR count). The number of aliphatic carboxylic acids is 1. The molecule has 2 aromatic carbocycles. The third-order valence-corrected chi connectivity index (χ3v) is 4.77. The van der Waals surface area contributed by atoms with Crippen molar-refractivity contribution in [1.29, 1.82) is 0 Å². The lowest BCUT2D eigenvalue weighted by Crippen LogP contribution is -2.37. The SMILES string of the molecule is C[C@H](CN(Cc1ccccc1)C(=O)c1cc(N2CCNC2=O)ccc1F)C(=O)O. The number of anilines is 1. The van der Waals surface area contributed by atoms with Crippen LogP contribution in [0, 0.1) is 11.7 Å². The Kier molecular flexibility index (Phi) is 6.11. The molecule has 2 aromatic rings. The van der Waals surface area contributed by atoms with Crippen LogP contribution in [0.3, 0.4) is 0 Å². The first kappa shape index (κ1) is 20.3. The van der Waals surface area contributed by atoms with Crippen molar-refractivity contribution in [2.75, 3.05) is 24.5 Å². The molecule has 0 aliphatic carbocycles. The third-order valence-electron chi connectivity index (χ3n) is 4.77. The lowest BCUT2D eigenvalue weighted by molar-refractivity contribution is -0.141. The molecule has 0 spiro atoms. The van der Waals surface area contributed by atoms with Crippen molar-refractivity contribution in [1.82, 2.24) is 10.2 Å². The fourth-order valence-corrected chi connectivity index (χ4v) is 3.17. The predicted molar refractivity (Wildman–Crippen MR) is 105 cm³/mol. The average molecular weight is 399 g/mol. The van der Waals surface area contributed by atoms with E-state index in [9.17, 15) is 23.9 Å². The maximum atomic E-state index is 14.5. The number of urea groups is 1. The van der Waals surface area contributed by atoms with Gasteiger partial charge in [0, 0.05) is 31.9 Å². The van der Waals surface area contributed by atoms with Crippen molar-refractivity contribution in [2.24, 2.45) is 5.92 Å². The van der Waals surface area contributed by atoms with Gasteiger partial charge in [-0.05, 0) is 23.8 Å². The van der Waals surface area contributed by atoms with Crippen LogP contribution in [0.25, 0.3) is 0 Å². The first-order valence-corrected chi connectivity index (χ1v) is 9.27. The first-order valence-electron chi connectivity index (χ1n) is 9.27. The number of nitrogens with one attached hydrogen (secondary N) is 1. The Bertz CT molecular complexity index is 919. The molecule has 7 nitrogen and oxygen atoms in total. The lowest BCUT2D eigenvalue weighted by Gasteiger charge is -2.25. The molecule has 1 heterocycles. The molecule has 1 aliphatic heterocycles. The van der Waals surface area contributed by atoms with Gasteiger partial charge < -0.3 is 15.3 Å². The molecule has 1 fully saturated rings. The Balaban J connectivity index is 1.91. The van der Waals surface area contributed by atoms with Gasteiger partial charge >= 0.3 is 12.0 Å². The van der Waals surface area contributed by atoms with Gasteiger partial charge in [-0.3, -0.25) is 14.5 Å². The summed E-state index contributed by atoms with van der Waals surface area (Å²) < 4.78 is 14.5. The summed E-state index contributed by atoms with van der Waals surface area (Å²) in [6.45, 7) is 2.45. The van der Waals surface area contributed by atoms with Crippen molar-refractivity contribution < 1.29 is 23.9 Å². The number of benzene rings is 2. The minimum absolute atomic E-state index is 0.0725. The van der Waals surface area contributed by atoms with Crippen LogP contribution in [-0.2, 0) is 11.3 Å². The van der Waals surface area contributed by atoms with Crippen molar-refractivity contribution in [2.45, 2.75) is 13.5 Å². The Morgan fingerprint density at radius 1 is 1.24 bits per heavy atom. The van der Waals surface area contributed by atoms with Gasteiger partial charge in [-0.2, -0.15) is 0 Å². The fourth-order valence-electron chi connectivity index (χ4n) is 3.17. The van der Waals surface area contributed by atoms with Gasteiger partial charge in [-0.25, -0.2) is 9.18 Å². The summed E-state index contributed by atoms with van der Waals surface area (Å²) in [4.78, 5) is 39.1. The van der Waals surface area contributed by atoms with E-state index in [2.05, 4.69) is 5.32 Å². The van der Waals surface area contributed by atoms with Gasteiger partial charge in [-0.1, -0.05) is 37.3 Å². The number of hydrogen-bond acceptors (Lipinski definition) is 3. The smallest absolute Gasteiger partial charge is 0.321 e. The number of rotatable bonds is 7. The highest BCUT2D eigenvalue weighted by molar-refractivity contribution is 5.98. The number of carbonyl (C=O) groups excluding carboxylic acids is 2. The van der Waals surface area contributed by atoms with E-state index in [-0.39, 0.29) is 24.7 Å². The molecule has 0 unspecified atom stereocenters. The monoisotopic (exact) mass is 399 g/mol. The fraction of sp³-hybridized carbons (Fsp3) is 0.286. The standard InChI is InChI=1S/C21H22FN3O4/c1-14(20(27)28)12-24(13-15-5-3-2-4-6-15)19(26)17-11-16(7-8-18(17)22)25-10-9-23-21(25)29/h2-8,11,14H,9-10,12-13H2,1H3,(H,23,29)(H,27,28)/t14-/m1/s1. The number of carbonyl (C=O) groups is 3. The van der Waals surface area contributed by atoms with Crippen LogP contribution < -0.4 is 10.2 Å². The van der Waals surface area contributed by atoms with Crippen LogP contribution in [0.1, 0.15) is 22.8 Å². The third kappa shape index (κ3) is 4.71. The van der Waals surface area contributed by atoms with Crippen LogP contribution in [0.5, 0.6) is 0 Å². The van der Waals surface area contributed by atoms with Gasteiger partial charge in [0.05, 0.1) is 11.5 Å². The minimum Gasteiger partial charge on any atom is -0.481 e. The first-order chi connectivity index (χ1) is 13.9. The molecule has 0 radical (unpaired) electrons. The molecule has 2 N–H and O–H groups in total. The number of carboxylic acid groups (broad SMARTS) is 1. The van der Waals surface area contributed by atoms with E-state index < -0.39 is 23.6 Å². The lowest BCUT2D eigenvalue weighted by atomic mass is 10.1. The molecule has 1 saturated heterocycles. The van der Waals surface area contributed by atoms with Gasteiger partial charge in [0.2, 0.25) is 0 Å². The van der Waals surface area contributed by atoms with E-state index in [4.69, 9.17) is 0 Å². The molecule has 29 heavy (non-hydrogen) atoms. The molecular weight excluding hydrogens is 377 g/mol. The zero-order valence-corrected chi connectivity index (χ0v) is 16.0. The predicted octanol–water partition coefficient (Wildman–Crippen LogP) is 2.72. The molecule has 1 atom stereocenters. The molecule has 8 heteroatoms. The number of hydrogen-bond donors (Lipinski definition) is 2. The van der Waals surface area contributed by atoms with Crippen molar-refractivity contribution in [3.63, 3.8) is 0 Å². The highest BCUT2D eigenvalue weighted by Crippen LogP contribution is 2.23. The summed E-state index contributed by atoms with van der Waals surface area (Å²) >= 11 is 0. The van der Waals surface area contributed by atoms with E-state index >= 15 is 0 Å². The molecule has 0 saturated carbocycles.